The van der Waals surface area contributed by atoms with Crippen LogP contribution < -0.4 is 14.2 Å². The summed E-state index contributed by atoms with van der Waals surface area (Å²) in [5.74, 6) is 0.466. The molecule has 0 amide bonds. The Labute approximate surface area is 162 Å². The Morgan fingerprint density at radius 1 is 1.18 bits per heavy atom. The normalized spacial score (nSPS) is 18.1. The summed E-state index contributed by atoms with van der Waals surface area (Å²) in [5, 5.41) is 9.30. The predicted molar refractivity (Wildman–Crippen MR) is 99.3 cm³/mol. The molecule has 7 heteroatoms. The third-order valence-electron chi connectivity index (χ3n) is 5.44. The fourth-order valence-corrected chi connectivity index (χ4v) is 3.99. The molecular formula is C21H22FNO5. The number of carbonyl (C=O) groups is 1. The summed E-state index contributed by atoms with van der Waals surface area (Å²) in [7, 11) is 1.56. The van der Waals surface area contributed by atoms with Crippen LogP contribution in [0.4, 0.5) is 4.39 Å². The molecule has 6 nitrogen and oxygen atoms in total. The highest BCUT2D eigenvalue weighted by molar-refractivity contribution is 5.70. The van der Waals surface area contributed by atoms with Gasteiger partial charge in [0.1, 0.15) is 11.6 Å². The van der Waals surface area contributed by atoms with E-state index in [1.54, 1.807) is 13.2 Å². The highest BCUT2D eigenvalue weighted by Crippen LogP contribution is 2.41. The van der Waals surface area contributed by atoms with Gasteiger partial charge in [-0.25, -0.2) is 4.39 Å². The van der Waals surface area contributed by atoms with Gasteiger partial charge in [0.15, 0.2) is 11.5 Å². The van der Waals surface area contributed by atoms with Crippen molar-refractivity contribution in [3.05, 3.63) is 53.3 Å². The second kappa shape index (κ2) is 7.67. The maximum absolute atomic E-state index is 14.1. The number of likely N-dealkylation sites (tertiary alicyclic amines) is 1. The fraction of sp³-hybridized carbons (Fsp3) is 0.381. The number of fused-ring (bicyclic) bond motifs is 1. The Balaban J connectivity index is 1.74. The Hall–Kier alpha value is -2.80. The van der Waals surface area contributed by atoms with Crippen molar-refractivity contribution in [3.8, 4) is 17.2 Å². The van der Waals surface area contributed by atoms with Crippen LogP contribution in [0.3, 0.4) is 0 Å². The maximum Gasteiger partial charge on any atom is 0.306 e. The predicted octanol–water partition coefficient (Wildman–Crippen LogP) is 3.45. The molecule has 2 aliphatic heterocycles. The monoisotopic (exact) mass is 387 g/mol. The van der Waals surface area contributed by atoms with E-state index >= 15 is 0 Å². The lowest BCUT2D eigenvalue weighted by Gasteiger charge is -2.37. The van der Waals surface area contributed by atoms with Gasteiger partial charge in [-0.15, -0.1) is 0 Å². The van der Waals surface area contributed by atoms with Crippen LogP contribution in [0.2, 0.25) is 0 Å². The van der Waals surface area contributed by atoms with Crippen molar-refractivity contribution < 1.29 is 28.5 Å². The molecule has 4 rings (SSSR count). The SMILES string of the molecule is COc1ccc(F)cc1C(c1ccc2c(c1)OCO2)N1CCC(C(=O)O)CC1. The number of rotatable bonds is 5. The highest BCUT2D eigenvalue weighted by Gasteiger charge is 2.32. The third-order valence-corrected chi connectivity index (χ3v) is 5.44. The number of methoxy groups -OCH3 is 1. The van der Waals surface area contributed by atoms with Crippen LogP contribution in [0.1, 0.15) is 30.0 Å². The molecule has 0 radical (unpaired) electrons. The molecule has 0 bridgehead atoms. The second-order valence-corrected chi connectivity index (χ2v) is 7.05. The molecule has 2 heterocycles. The number of hydrogen-bond acceptors (Lipinski definition) is 5. The van der Waals surface area contributed by atoms with Crippen molar-refractivity contribution in [2.45, 2.75) is 18.9 Å². The van der Waals surface area contributed by atoms with Gasteiger partial charge in [-0.05, 0) is 61.8 Å². The first kappa shape index (κ1) is 18.6. The van der Waals surface area contributed by atoms with E-state index in [1.165, 1.54) is 12.1 Å². The fourth-order valence-electron chi connectivity index (χ4n) is 3.99. The number of carboxylic acid groups (broad SMARTS) is 1. The number of aliphatic carboxylic acids is 1. The summed E-state index contributed by atoms with van der Waals surface area (Å²) in [6.45, 7) is 1.36. The molecule has 1 fully saturated rings. The minimum Gasteiger partial charge on any atom is -0.496 e. The number of halogens is 1. The van der Waals surface area contributed by atoms with E-state index in [9.17, 15) is 14.3 Å². The van der Waals surface area contributed by atoms with E-state index in [0.717, 1.165) is 5.56 Å². The largest absolute Gasteiger partial charge is 0.496 e. The minimum absolute atomic E-state index is 0.177. The molecule has 2 aromatic rings. The van der Waals surface area contributed by atoms with Gasteiger partial charge in [-0.2, -0.15) is 0 Å². The number of hydrogen-bond donors (Lipinski definition) is 1. The molecule has 0 aliphatic carbocycles. The number of ether oxygens (including phenoxy) is 3. The highest BCUT2D eigenvalue weighted by atomic mass is 19.1. The molecule has 0 spiro atoms. The van der Waals surface area contributed by atoms with Gasteiger partial charge in [0, 0.05) is 5.56 Å². The van der Waals surface area contributed by atoms with Crippen molar-refractivity contribution in [2.24, 2.45) is 5.92 Å². The quantitative estimate of drug-likeness (QED) is 0.848. The zero-order valence-electron chi connectivity index (χ0n) is 15.6. The van der Waals surface area contributed by atoms with Gasteiger partial charge < -0.3 is 19.3 Å². The summed E-state index contributed by atoms with van der Waals surface area (Å²) >= 11 is 0. The van der Waals surface area contributed by atoms with E-state index in [0.29, 0.717) is 48.7 Å². The standard InChI is InChI=1S/C21H22FNO5/c1-26-17-5-3-15(22)11-16(17)20(23-8-6-13(7-9-23)21(24)25)14-2-4-18-19(10-14)28-12-27-18/h2-5,10-11,13,20H,6-9,12H2,1H3,(H,24,25). The molecule has 148 valence electrons. The maximum atomic E-state index is 14.1. The topological polar surface area (TPSA) is 68.2 Å². The van der Waals surface area contributed by atoms with E-state index in [1.807, 2.05) is 18.2 Å². The lowest BCUT2D eigenvalue weighted by atomic mass is 9.90. The van der Waals surface area contributed by atoms with E-state index < -0.39 is 5.97 Å². The lowest BCUT2D eigenvalue weighted by molar-refractivity contribution is -0.143. The van der Waals surface area contributed by atoms with Gasteiger partial charge in [0.05, 0.1) is 19.1 Å². The molecule has 1 saturated heterocycles. The van der Waals surface area contributed by atoms with Crippen molar-refractivity contribution in [2.75, 3.05) is 27.0 Å². The van der Waals surface area contributed by atoms with Gasteiger partial charge >= 0.3 is 5.97 Å². The first-order valence-electron chi connectivity index (χ1n) is 9.26. The average Bonchev–Trinajstić information content (AvgIpc) is 3.17. The number of benzene rings is 2. The minimum atomic E-state index is -0.761. The van der Waals surface area contributed by atoms with Crippen molar-refractivity contribution >= 4 is 5.97 Å². The van der Waals surface area contributed by atoms with Crippen LogP contribution >= 0.6 is 0 Å². The van der Waals surface area contributed by atoms with E-state index in [4.69, 9.17) is 14.2 Å². The van der Waals surface area contributed by atoms with Crippen molar-refractivity contribution in [1.82, 2.24) is 4.90 Å². The molecule has 2 aromatic carbocycles. The zero-order chi connectivity index (χ0) is 19.7. The number of carboxylic acids is 1. The van der Waals surface area contributed by atoms with Gasteiger partial charge in [0.25, 0.3) is 0 Å². The zero-order valence-corrected chi connectivity index (χ0v) is 15.6. The molecule has 2 aliphatic rings. The van der Waals surface area contributed by atoms with Crippen molar-refractivity contribution in [1.29, 1.82) is 0 Å². The molecule has 1 atom stereocenters. The summed E-state index contributed by atoms with van der Waals surface area (Å²) < 4.78 is 30.5. The molecule has 1 N–H and O–H groups in total. The number of nitrogens with zero attached hydrogens (tertiary/aromatic N) is 1. The lowest BCUT2D eigenvalue weighted by Crippen LogP contribution is -2.39. The summed E-state index contributed by atoms with van der Waals surface area (Å²) in [6.07, 6.45) is 1.10. The smallest absolute Gasteiger partial charge is 0.306 e. The van der Waals surface area contributed by atoms with Crippen LogP contribution in [0.15, 0.2) is 36.4 Å². The Bertz CT molecular complexity index is 879. The second-order valence-electron chi connectivity index (χ2n) is 7.05. The van der Waals surface area contributed by atoms with Crippen LogP contribution in [0.5, 0.6) is 17.2 Å². The van der Waals surface area contributed by atoms with Gasteiger partial charge in [-0.3, -0.25) is 9.69 Å². The van der Waals surface area contributed by atoms with E-state index in [2.05, 4.69) is 4.90 Å². The molecule has 0 saturated carbocycles. The number of piperidine rings is 1. The molecule has 0 aromatic heterocycles. The molecular weight excluding hydrogens is 365 g/mol. The first-order valence-corrected chi connectivity index (χ1v) is 9.26. The molecule has 28 heavy (non-hydrogen) atoms. The van der Waals surface area contributed by atoms with Gasteiger partial charge in [0.2, 0.25) is 6.79 Å². The third kappa shape index (κ3) is 3.49. The van der Waals surface area contributed by atoms with E-state index in [-0.39, 0.29) is 24.6 Å². The van der Waals surface area contributed by atoms with Gasteiger partial charge in [-0.1, -0.05) is 6.07 Å². The van der Waals surface area contributed by atoms with Crippen LogP contribution in [0, 0.1) is 11.7 Å². The first-order chi connectivity index (χ1) is 13.6. The summed E-state index contributed by atoms with van der Waals surface area (Å²) in [5.41, 5.74) is 1.62. The Morgan fingerprint density at radius 3 is 2.64 bits per heavy atom. The molecule has 1 unspecified atom stereocenters. The van der Waals surface area contributed by atoms with Crippen molar-refractivity contribution in [3.63, 3.8) is 0 Å². The van der Waals surface area contributed by atoms with Crippen LogP contribution in [-0.4, -0.2) is 43.0 Å². The summed E-state index contributed by atoms with van der Waals surface area (Å²) in [6, 6.07) is 9.88. The Morgan fingerprint density at radius 2 is 1.93 bits per heavy atom. The Kier molecular flexibility index (Phi) is 5.09. The average molecular weight is 387 g/mol. The van der Waals surface area contributed by atoms with Crippen LogP contribution in [0.25, 0.3) is 0 Å². The summed E-state index contributed by atoms with van der Waals surface area (Å²) in [4.78, 5) is 13.5. The van der Waals surface area contributed by atoms with Crippen LogP contribution in [-0.2, 0) is 4.79 Å².